The van der Waals surface area contributed by atoms with Crippen LogP contribution in [-0.4, -0.2) is 23.3 Å². The van der Waals surface area contributed by atoms with E-state index in [2.05, 4.69) is 25.7 Å². The van der Waals surface area contributed by atoms with Crippen LogP contribution >= 0.6 is 0 Å². The zero-order chi connectivity index (χ0) is 15.8. The van der Waals surface area contributed by atoms with Crippen molar-refractivity contribution in [2.75, 3.05) is 0 Å². The minimum atomic E-state index is -0.608. The van der Waals surface area contributed by atoms with E-state index in [1.165, 1.54) is 0 Å². The van der Waals surface area contributed by atoms with Gasteiger partial charge in [-0.25, -0.2) is 0 Å². The van der Waals surface area contributed by atoms with Crippen LogP contribution in [0.4, 0.5) is 0 Å². The molecule has 1 aliphatic heterocycles. The van der Waals surface area contributed by atoms with Gasteiger partial charge in [0.1, 0.15) is 6.10 Å². The number of rotatable bonds is 2. The van der Waals surface area contributed by atoms with Gasteiger partial charge in [-0.15, -0.1) is 0 Å². The maximum Gasteiger partial charge on any atom is 0.309 e. The maximum atomic E-state index is 12.0. The molecule has 3 heteroatoms. The SMILES string of the molecule is C=C/C=C(\C)[C@H]1OC(=O)C[C@H](O)CC[C@H](C)C/C=C/[C@@H]1C. The minimum absolute atomic E-state index is 0.0705. The summed E-state index contributed by atoms with van der Waals surface area (Å²) in [6.07, 6.45) is 9.57. The molecule has 21 heavy (non-hydrogen) atoms. The summed E-state index contributed by atoms with van der Waals surface area (Å²) in [6.45, 7) is 9.85. The fraction of sp³-hybridized carbons (Fsp3) is 0.611. The number of cyclic esters (lactones) is 1. The smallest absolute Gasteiger partial charge is 0.309 e. The Balaban J connectivity index is 2.93. The number of esters is 1. The van der Waals surface area contributed by atoms with Gasteiger partial charge in [0, 0.05) is 5.92 Å². The Bertz CT molecular complexity index is 409. The van der Waals surface area contributed by atoms with Gasteiger partial charge in [-0.05, 0) is 37.7 Å². The zero-order valence-electron chi connectivity index (χ0n) is 13.4. The highest BCUT2D eigenvalue weighted by Gasteiger charge is 2.23. The molecule has 0 amide bonds. The van der Waals surface area contributed by atoms with Gasteiger partial charge in [0.15, 0.2) is 0 Å². The summed E-state index contributed by atoms with van der Waals surface area (Å²) in [5.41, 5.74) is 0.968. The third kappa shape index (κ3) is 6.30. The van der Waals surface area contributed by atoms with Crippen LogP contribution in [0, 0.1) is 11.8 Å². The quantitative estimate of drug-likeness (QED) is 0.478. The molecule has 4 atom stereocenters. The molecule has 3 nitrogen and oxygen atoms in total. The molecule has 1 N–H and O–H groups in total. The first kappa shape index (κ1) is 17.7. The topological polar surface area (TPSA) is 46.5 Å². The molecule has 0 bridgehead atoms. The zero-order valence-corrected chi connectivity index (χ0v) is 13.4. The number of aliphatic hydroxyl groups excluding tert-OH is 1. The van der Waals surface area contributed by atoms with Gasteiger partial charge in [0.25, 0.3) is 0 Å². The molecule has 0 fully saturated rings. The van der Waals surface area contributed by atoms with E-state index in [-0.39, 0.29) is 24.4 Å². The van der Waals surface area contributed by atoms with E-state index in [0.29, 0.717) is 12.3 Å². The van der Waals surface area contributed by atoms with Crippen LogP contribution in [-0.2, 0) is 9.53 Å². The average molecular weight is 292 g/mol. The summed E-state index contributed by atoms with van der Waals surface area (Å²) in [5, 5.41) is 9.93. The monoisotopic (exact) mass is 292 g/mol. The lowest BCUT2D eigenvalue weighted by Gasteiger charge is -2.24. The van der Waals surface area contributed by atoms with Crippen molar-refractivity contribution in [2.45, 2.75) is 58.7 Å². The Morgan fingerprint density at radius 1 is 1.43 bits per heavy atom. The summed E-state index contributed by atoms with van der Waals surface area (Å²) in [7, 11) is 0. The molecule has 1 rings (SSSR count). The highest BCUT2D eigenvalue weighted by Crippen LogP contribution is 2.22. The second-order valence-corrected chi connectivity index (χ2v) is 6.12. The molecule has 0 aromatic rings. The molecule has 1 aliphatic rings. The van der Waals surface area contributed by atoms with E-state index in [0.717, 1.165) is 18.4 Å². The number of hydrogen-bond acceptors (Lipinski definition) is 3. The lowest BCUT2D eigenvalue weighted by atomic mass is 9.93. The second-order valence-electron chi connectivity index (χ2n) is 6.12. The lowest BCUT2D eigenvalue weighted by Crippen LogP contribution is -2.28. The van der Waals surface area contributed by atoms with Crippen molar-refractivity contribution in [1.29, 1.82) is 0 Å². The molecule has 0 radical (unpaired) electrons. The number of carbonyl (C=O) groups is 1. The normalized spacial score (nSPS) is 34.3. The van der Waals surface area contributed by atoms with Crippen LogP contribution < -0.4 is 0 Å². The Kier molecular flexibility index (Phi) is 7.44. The predicted molar refractivity (Wildman–Crippen MR) is 85.8 cm³/mol. The molecule has 0 spiro atoms. The van der Waals surface area contributed by atoms with E-state index < -0.39 is 6.10 Å². The van der Waals surface area contributed by atoms with E-state index >= 15 is 0 Å². The number of aliphatic hydroxyl groups is 1. The summed E-state index contributed by atoms with van der Waals surface area (Å²) in [5.74, 6) is 0.286. The summed E-state index contributed by atoms with van der Waals surface area (Å²) < 4.78 is 5.58. The standard InChI is InChI=1S/C18H28O3/c1-5-7-14(3)18-15(4)9-6-8-13(2)10-11-16(19)12-17(20)21-18/h5-7,9,13,15-16,18-19H,1,8,10-12H2,2-4H3/b9-6+,14-7+/t13-,15+,16-,18-/m1/s1. The van der Waals surface area contributed by atoms with Crippen molar-refractivity contribution in [3.63, 3.8) is 0 Å². The number of ether oxygens (including phenoxy) is 1. The molecule has 0 saturated heterocycles. The average Bonchev–Trinajstić information content (AvgIpc) is 2.41. The van der Waals surface area contributed by atoms with Gasteiger partial charge in [-0.2, -0.15) is 0 Å². The van der Waals surface area contributed by atoms with Crippen molar-refractivity contribution < 1.29 is 14.6 Å². The lowest BCUT2D eigenvalue weighted by molar-refractivity contribution is -0.151. The first-order chi connectivity index (χ1) is 9.93. The predicted octanol–water partition coefficient (Wildman–Crippen LogP) is 3.79. The van der Waals surface area contributed by atoms with Crippen molar-refractivity contribution in [1.82, 2.24) is 0 Å². The van der Waals surface area contributed by atoms with E-state index in [9.17, 15) is 9.90 Å². The maximum absolute atomic E-state index is 12.0. The summed E-state index contributed by atoms with van der Waals surface area (Å²) in [6, 6.07) is 0. The van der Waals surface area contributed by atoms with Crippen LogP contribution in [0.3, 0.4) is 0 Å². The van der Waals surface area contributed by atoms with Gasteiger partial charge in [0.05, 0.1) is 12.5 Å². The fourth-order valence-corrected chi connectivity index (χ4v) is 2.60. The number of allylic oxidation sites excluding steroid dienone is 3. The van der Waals surface area contributed by atoms with Crippen LogP contribution in [0.5, 0.6) is 0 Å². The molecule has 0 saturated carbocycles. The van der Waals surface area contributed by atoms with Crippen LogP contribution in [0.1, 0.15) is 46.5 Å². The molecule has 118 valence electrons. The largest absolute Gasteiger partial charge is 0.457 e. The van der Waals surface area contributed by atoms with E-state index in [1.54, 1.807) is 6.08 Å². The Hall–Kier alpha value is -1.35. The number of hydrogen-bond donors (Lipinski definition) is 1. The summed E-state index contributed by atoms with van der Waals surface area (Å²) >= 11 is 0. The molecule has 0 aliphatic carbocycles. The van der Waals surface area contributed by atoms with E-state index in [4.69, 9.17) is 4.74 Å². The van der Waals surface area contributed by atoms with E-state index in [1.807, 2.05) is 19.9 Å². The van der Waals surface area contributed by atoms with Crippen molar-refractivity contribution in [3.05, 3.63) is 36.5 Å². The second kappa shape index (κ2) is 8.83. The number of carbonyl (C=O) groups excluding carboxylic acids is 1. The Morgan fingerprint density at radius 3 is 2.81 bits per heavy atom. The Labute approximate surface area is 128 Å². The molecular weight excluding hydrogens is 264 g/mol. The van der Waals surface area contributed by atoms with Gasteiger partial charge in [-0.1, -0.05) is 44.7 Å². The van der Waals surface area contributed by atoms with Crippen LogP contribution in [0.25, 0.3) is 0 Å². The fourth-order valence-electron chi connectivity index (χ4n) is 2.60. The Morgan fingerprint density at radius 2 is 2.14 bits per heavy atom. The van der Waals surface area contributed by atoms with Crippen molar-refractivity contribution in [3.8, 4) is 0 Å². The molecule has 0 unspecified atom stereocenters. The minimum Gasteiger partial charge on any atom is -0.457 e. The first-order valence-electron chi connectivity index (χ1n) is 7.77. The van der Waals surface area contributed by atoms with Gasteiger partial charge < -0.3 is 9.84 Å². The molecule has 0 aromatic carbocycles. The van der Waals surface area contributed by atoms with Crippen molar-refractivity contribution >= 4 is 5.97 Å². The highest BCUT2D eigenvalue weighted by atomic mass is 16.5. The van der Waals surface area contributed by atoms with Gasteiger partial charge in [0.2, 0.25) is 0 Å². The summed E-state index contributed by atoms with van der Waals surface area (Å²) in [4.78, 5) is 12.0. The van der Waals surface area contributed by atoms with Gasteiger partial charge >= 0.3 is 5.97 Å². The first-order valence-corrected chi connectivity index (χ1v) is 7.77. The molecular formula is C18H28O3. The van der Waals surface area contributed by atoms with Gasteiger partial charge in [-0.3, -0.25) is 4.79 Å². The van der Waals surface area contributed by atoms with Crippen molar-refractivity contribution in [2.24, 2.45) is 11.8 Å². The molecule has 0 aromatic heterocycles. The van der Waals surface area contributed by atoms with Crippen LogP contribution in [0.2, 0.25) is 0 Å². The third-order valence-corrected chi connectivity index (χ3v) is 3.94. The highest BCUT2D eigenvalue weighted by molar-refractivity contribution is 5.70. The third-order valence-electron chi connectivity index (χ3n) is 3.94. The molecule has 1 heterocycles. The van der Waals surface area contributed by atoms with Crippen LogP contribution in [0.15, 0.2) is 36.5 Å².